The first kappa shape index (κ1) is 24.6. The molecule has 3 aliphatic heterocycles. The molecule has 2 aromatic carbocycles. The molecular formula is C27H25F5N2O2. The number of hydrogen-bond acceptors (Lipinski definition) is 4. The Balaban J connectivity index is 1.69. The smallest absolute Gasteiger partial charge is 0.200 e. The number of pyridine rings is 1. The molecular weight excluding hydrogens is 479 g/mol. The number of benzene rings is 2. The minimum atomic E-state index is -2.20. The van der Waals surface area contributed by atoms with E-state index in [-0.39, 0.29) is 18.3 Å². The number of nitrogens with zero attached hydrogens (tertiary/aromatic N) is 2. The number of rotatable bonds is 6. The third-order valence-corrected chi connectivity index (χ3v) is 7.92. The highest BCUT2D eigenvalue weighted by Gasteiger charge is 2.54. The summed E-state index contributed by atoms with van der Waals surface area (Å²) in [5, 5.41) is 12.5. The van der Waals surface area contributed by atoms with E-state index < -0.39 is 52.7 Å². The molecule has 0 saturated carbocycles. The predicted molar refractivity (Wildman–Crippen MR) is 124 cm³/mol. The van der Waals surface area contributed by atoms with Gasteiger partial charge >= 0.3 is 0 Å². The predicted octanol–water partition coefficient (Wildman–Crippen LogP) is 5.48. The maximum Gasteiger partial charge on any atom is 0.200 e. The lowest BCUT2D eigenvalue weighted by Gasteiger charge is -2.59. The molecule has 4 nitrogen and oxygen atoms in total. The average molecular weight is 504 g/mol. The molecule has 2 bridgehead atoms. The first-order valence-corrected chi connectivity index (χ1v) is 11.7. The molecule has 0 amide bonds. The van der Waals surface area contributed by atoms with Crippen molar-refractivity contribution in [1.29, 1.82) is 0 Å². The van der Waals surface area contributed by atoms with Crippen LogP contribution in [0.15, 0.2) is 43.1 Å². The molecule has 0 radical (unpaired) electrons. The monoisotopic (exact) mass is 504 g/mol. The molecule has 0 aliphatic carbocycles. The lowest BCUT2D eigenvalue weighted by Crippen LogP contribution is -2.65. The number of aromatic nitrogens is 1. The third-order valence-electron chi connectivity index (χ3n) is 7.92. The summed E-state index contributed by atoms with van der Waals surface area (Å²) in [7, 11) is 1.50. The van der Waals surface area contributed by atoms with Crippen molar-refractivity contribution in [3.8, 4) is 5.75 Å². The number of halogens is 5. The number of aliphatic hydroxyl groups excluding tert-OH is 1. The van der Waals surface area contributed by atoms with E-state index in [0.29, 0.717) is 35.3 Å². The molecule has 3 aliphatic rings. The van der Waals surface area contributed by atoms with Crippen molar-refractivity contribution in [3.63, 3.8) is 0 Å². The molecule has 36 heavy (non-hydrogen) atoms. The van der Waals surface area contributed by atoms with Gasteiger partial charge in [-0.25, -0.2) is 22.0 Å². The maximum absolute atomic E-state index is 14.9. The second kappa shape index (κ2) is 9.12. The summed E-state index contributed by atoms with van der Waals surface area (Å²) in [5.41, 5.74) is -1.24. The van der Waals surface area contributed by atoms with Crippen LogP contribution in [-0.4, -0.2) is 40.7 Å². The van der Waals surface area contributed by atoms with Crippen molar-refractivity contribution < 1.29 is 31.8 Å². The van der Waals surface area contributed by atoms with Crippen LogP contribution in [0, 0.1) is 40.9 Å². The fraction of sp³-hybridized carbons (Fsp3) is 0.370. The Morgan fingerprint density at radius 3 is 2.44 bits per heavy atom. The van der Waals surface area contributed by atoms with Gasteiger partial charge in [-0.15, -0.1) is 6.58 Å². The van der Waals surface area contributed by atoms with Crippen LogP contribution < -0.4 is 4.74 Å². The second-order valence-electron chi connectivity index (χ2n) is 9.61. The Hall–Kier alpha value is -3.04. The van der Waals surface area contributed by atoms with Crippen LogP contribution in [0.2, 0.25) is 0 Å². The largest absolute Gasteiger partial charge is 0.497 e. The van der Waals surface area contributed by atoms with Crippen LogP contribution in [0.3, 0.4) is 0 Å². The van der Waals surface area contributed by atoms with Crippen molar-refractivity contribution in [1.82, 2.24) is 9.88 Å². The molecule has 6 rings (SSSR count). The standard InChI is InChI=1S/C27H25F5N2O2/c1-3-14-13-34-9-7-15(14)11-27(34,12-19-21(28)23(30)25(32)24(31)22(19)29)26(35)17-6-8-33-20-5-4-16(36-2)10-18(17)20/h3-6,8,10,14-15,26,35H,1,7,9,11-13H2,2H3/t14-,15-,26?,27-/m0/s1. The third kappa shape index (κ3) is 3.67. The molecule has 3 saturated heterocycles. The Labute approximate surface area is 205 Å². The Morgan fingerprint density at radius 2 is 1.83 bits per heavy atom. The van der Waals surface area contributed by atoms with Crippen molar-refractivity contribution in [2.24, 2.45) is 11.8 Å². The second-order valence-corrected chi connectivity index (χ2v) is 9.61. The number of ether oxygens (including phenoxy) is 1. The van der Waals surface area contributed by atoms with E-state index in [0.717, 1.165) is 6.42 Å². The minimum absolute atomic E-state index is 0.0334. The van der Waals surface area contributed by atoms with E-state index in [9.17, 15) is 27.1 Å². The number of aliphatic hydroxyl groups is 1. The average Bonchev–Trinajstić information content (AvgIpc) is 2.92. The van der Waals surface area contributed by atoms with Gasteiger partial charge in [0.05, 0.1) is 24.3 Å². The van der Waals surface area contributed by atoms with Gasteiger partial charge in [-0.1, -0.05) is 6.08 Å². The number of piperidine rings is 3. The topological polar surface area (TPSA) is 45.6 Å². The highest BCUT2D eigenvalue weighted by Crippen LogP contribution is 2.51. The van der Waals surface area contributed by atoms with Gasteiger partial charge in [0.1, 0.15) is 5.75 Å². The zero-order valence-electron chi connectivity index (χ0n) is 19.6. The summed E-state index contributed by atoms with van der Waals surface area (Å²) >= 11 is 0. The Morgan fingerprint density at radius 1 is 1.14 bits per heavy atom. The zero-order chi connectivity index (χ0) is 25.8. The molecule has 2 unspecified atom stereocenters. The van der Waals surface area contributed by atoms with Gasteiger partial charge in [0.15, 0.2) is 23.3 Å². The lowest BCUT2D eigenvalue weighted by atomic mass is 9.64. The summed E-state index contributed by atoms with van der Waals surface area (Å²) in [6.07, 6.45) is 2.51. The number of hydrogen-bond donors (Lipinski definition) is 1. The molecule has 1 aromatic heterocycles. The fourth-order valence-electron chi connectivity index (χ4n) is 6.02. The molecule has 9 heteroatoms. The summed E-state index contributed by atoms with van der Waals surface area (Å²) < 4.78 is 77.1. The van der Waals surface area contributed by atoms with E-state index >= 15 is 0 Å². The zero-order valence-corrected chi connectivity index (χ0v) is 19.6. The van der Waals surface area contributed by atoms with Gasteiger partial charge in [-0.2, -0.15) is 0 Å². The summed E-state index contributed by atoms with van der Waals surface area (Å²) in [6, 6.07) is 6.76. The fourth-order valence-corrected chi connectivity index (χ4v) is 6.02. The first-order valence-electron chi connectivity index (χ1n) is 11.7. The highest BCUT2D eigenvalue weighted by molar-refractivity contribution is 5.84. The van der Waals surface area contributed by atoms with E-state index in [2.05, 4.69) is 11.6 Å². The molecule has 0 spiro atoms. The van der Waals surface area contributed by atoms with Crippen molar-refractivity contribution in [2.45, 2.75) is 30.9 Å². The van der Waals surface area contributed by atoms with Gasteiger partial charge in [0.25, 0.3) is 0 Å². The lowest BCUT2D eigenvalue weighted by molar-refractivity contribution is -0.118. The molecule has 1 N–H and O–H groups in total. The van der Waals surface area contributed by atoms with Gasteiger partial charge in [-0.3, -0.25) is 9.88 Å². The number of fused-ring (bicyclic) bond motifs is 4. The highest BCUT2D eigenvalue weighted by atomic mass is 19.2. The normalized spacial score (nSPS) is 26.2. The minimum Gasteiger partial charge on any atom is -0.497 e. The van der Waals surface area contributed by atoms with Crippen LogP contribution in [0.4, 0.5) is 22.0 Å². The van der Waals surface area contributed by atoms with E-state index in [1.165, 1.54) is 13.3 Å². The summed E-state index contributed by atoms with van der Waals surface area (Å²) in [6.45, 7) is 4.85. The summed E-state index contributed by atoms with van der Waals surface area (Å²) in [4.78, 5) is 6.24. The first-order chi connectivity index (χ1) is 17.2. The Bertz CT molecular complexity index is 1320. The van der Waals surface area contributed by atoms with E-state index in [4.69, 9.17) is 4.74 Å². The van der Waals surface area contributed by atoms with Gasteiger partial charge < -0.3 is 9.84 Å². The van der Waals surface area contributed by atoms with Crippen molar-refractivity contribution >= 4 is 10.9 Å². The maximum atomic E-state index is 14.9. The van der Waals surface area contributed by atoms with Crippen LogP contribution in [-0.2, 0) is 6.42 Å². The van der Waals surface area contributed by atoms with Crippen LogP contribution >= 0.6 is 0 Å². The molecule has 3 aromatic rings. The number of methoxy groups -OCH3 is 1. The van der Waals surface area contributed by atoms with Gasteiger partial charge in [0, 0.05) is 23.7 Å². The van der Waals surface area contributed by atoms with Gasteiger partial charge in [0.2, 0.25) is 5.82 Å². The van der Waals surface area contributed by atoms with E-state index in [1.807, 2.05) is 11.0 Å². The molecule has 4 heterocycles. The van der Waals surface area contributed by atoms with Crippen LogP contribution in [0.1, 0.15) is 30.1 Å². The molecule has 3 fully saturated rings. The van der Waals surface area contributed by atoms with Crippen LogP contribution in [0.25, 0.3) is 10.9 Å². The molecule has 190 valence electrons. The Kier molecular flexibility index (Phi) is 6.24. The molecule has 5 atom stereocenters. The quantitative estimate of drug-likeness (QED) is 0.209. The van der Waals surface area contributed by atoms with E-state index in [1.54, 1.807) is 24.3 Å². The van der Waals surface area contributed by atoms with Gasteiger partial charge in [-0.05, 0) is 67.5 Å². The van der Waals surface area contributed by atoms with Crippen molar-refractivity contribution in [3.05, 3.63) is 83.3 Å². The van der Waals surface area contributed by atoms with Crippen molar-refractivity contribution in [2.75, 3.05) is 20.2 Å². The van der Waals surface area contributed by atoms with Crippen LogP contribution in [0.5, 0.6) is 5.75 Å². The summed E-state index contributed by atoms with van der Waals surface area (Å²) in [5.74, 6) is -9.29. The SMILES string of the molecule is C=C[C@H]1CN2CC[C@H]1C[C@]2(Cc1c(F)c(F)c(F)c(F)c1F)C(O)c1ccnc2ccc(OC)cc12.